The van der Waals surface area contributed by atoms with E-state index in [2.05, 4.69) is 10.0 Å². The predicted octanol–water partition coefficient (Wildman–Crippen LogP) is 0.484. The molecule has 0 unspecified atom stereocenters. The molecule has 0 aliphatic carbocycles. The lowest BCUT2D eigenvalue weighted by molar-refractivity contribution is -0.133. The molecule has 6 nitrogen and oxygen atoms in total. The van der Waals surface area contributed by atoms with Gasteiger partial charge in [-0.2, -0.15) is 0 Å². The third-order valence-electron chi connectivity index (χ3n) is 3.78. The summed E-state index contributed by atoms with van der Waals surface area (Å²) in [6, 6.07) is 6.79. The SMILES string of the molecule is Cc1ccc(S(=O)(=O)NCCC(=O)N2CCNC[C@H]2C)cc1. The summed E-state index contributed by atoms with van der Waals surface area (Å²) in [5.41, 5.74) is 1.00. The molecule has 1 amide bonds. The highest BCUT2D eigenvalue weighted by atomic mass is 32.2. The van der Waals surface area contributed by atoms with E-state index in [9.17, 15) is 13.2 Å². The van der Waals surface area contributed by atoms with Crippen molar-refractivity contribution in [3.8, 4) is 0 Å². The van der Waals surface area contributed by atoms with E-state index >= 15 is 0 Å². The lowest BCUT2D eigenvalue weighted by atomic mass is 10.2. The Morgan fingerprint density at radius 1 is 1.36 bits per heavy atom. The summed E-state index contributed by atoms with van der Waals surface area (Å²) in [6.45, 7) is 6.24. The molecule has 1 aliphatic heterocycles. The molecule has 0 spiro atoms. The fraction of sp³-hybridized carbons (Fsp3) is 0.533. The molecule has 1 fully saturated rings. The van der Waals surface area contributed by atoms with Crippen molar-refractivity contribution in [2.24, 2.45) is 0 Å². The Kier molecular flexibility index (Phi) is 5.55. The smallest absolute Gasteiger partial charge is 0.240 e. The highest BCUT2D eigenvalue weighted by Gasteiger charge is 2.23. The van der Waals surface area contributed by atoms with Gasteiger partial charge in [-0.1, -0.05) is 17.7 Å². The van der Waals surface area contributed by atoms with Gasteiger partial charge in [0.15, 0.2) is 0 Å². The van der Waals surface area contributed by atoms with Gasteiger partial charge >= 0.3 is 0 Å². The monoisotopic (exact) mass is 325 g/mol. The molecule has 0 radical (unpaired) electrons. The molecule has 0 saturated carbocycles. The van der Waals surface area contributed by atoms with Crippen LogP contribution in [-0.2, 0) is 14.8 Å². The van der Waals surface area contributed by atoms with Crippen molar-refractivity contribution >= 4 is 15.9 Å². The van der Waals surface area contributed by atoms with Crippen LogP contribution < -0.4 is 10.0 Å². The molecule has 1 saturated heterocycles. The Labute approximate surface area is 131 Å². The quantitative estimate of drug-likeness (QED) is 0.825. The number of aryl methyl sites for hydroxylation is 1. The van der Waals surface area contributed by atoms with Gasteiger partial charge in [0.25, 0.3) is 0 Å². The second kappa shape index (κ2) is 7.21. The summed E-state index contributed by atoms with van der Waals surface area (Å²) in [7, 11) is -3.55. The van der Waals surface area contributed by atoms with Gasteiger partial charge in [-0.05, 0) is 26.0 Å². The third-order valence-corrected chi connectivity index (χ3v) is 5.26. The predicted molar refractivity (Wildman–Crippen MR) is 85.0 cm³/mol. The zero-order chi connectivity index (χ0) is 16.2. The van der Waals surface area contributed by atoms with E-state index in [0.29, 0.717) is 6.54 Å². The molecular formula is C15H23N3O3S. The number of benzene rings is 1. The van der Waals surface area contributed by atoms with Crippen LogP contribution in [0.1, 0.15) is 18.9 Å². The molecule has 122 valence electrons. The number of nitrogens with one attached hydrogen (secondary N) is 2. The van der Waals surface area contributed by atoms with E-state index in [-0.39, 0.29) is 29.8 Å². The van der Waals surface area contributed by atoms with Gasteiger partial charge in [-0.15, -0.1) is 0 Å². The summed E-state index contributed by atoms with van der Waals surface area (Å²) in [4.78, 5) is 14.2. The number of nitrogens with zero attached hydrogens (tertiary/aromatic N) is 1. The van der Waals surface area contributed by atoms with Crippen LogP contribution in [0.15, 0.2) is 29.2 Å². The van der Waals surface area contributed by atoms with Crippen LogP contribution in [-0.4, -0.2) is 51.4 Å². The Morgan fingerprint density at radius 3 is 2.68 bits per heavy atom. The Morgan fingerprint density at radius 2 is 2.05 bits per heavy atom. The van der Waals surface area contributed by atoms with E-state index < -0.39 is 10.0 Å². The standard InChI is InChI=1S/C15H23N3O3S/c1-12-3-5-14(6-4-12)22(20,21)17-8-7-15(19)18-10-9-16-11-13(18)2/h3-6,13,16-17H,7-11H2,1-2H3/t13-/m1/s1. The molecule has 1 aromatic carbocycles. The Hall–Kier alpha value is -1.44. The van der Waals surface area contributed by atoms with Crippen molar-refractivity contribution in [2.45, 2.75) is 31.2 Å². The molecule has 7 heteroatoms. The zero-order valence-electron chi connectivity index (χ0n) is 13.0. The van der Waals surface area contributed by atoms with Crippen molar-refractivity contribution in [2.75, 3.05) is 26.2 Å². The number of rotatable bonds is 5. The molecule has 0 aromatic heterocycles. The molecule has 1 aliphatic rings. The maximum Gasteiger partial charge on any atom is 0.240 e. The minimum atomic E-state index is -3.55. The fourth-order valence-electron chi connectivity index (χ4n) is 2.45. The number of carbonyl (C=O) groups is 1. The van der Waals surface area contributed by atoms with Gasteiger partial charge in [0.2, 0.25) is 15.9 Å². The minimum Gasteiger partial charge on any atom is -0.337 e. The van der Waals surface area contributed by atoms with E-state index in [1.165, 1.54) is 0 Å². The summed E-state index contributed by atoms with van der Waals surface area (Å²) in [5, 5.41) is 3.22. The lowest BCUT2D eigenvalue weighted by Gasteiger charge is -2.34. The summed E-state index contributed by atoms with van der Waals surface area (Å²) < 4.78 is 26.7. The van der Waals surface area contributed by atoms with Gasteiger partial charge < -0.3 is 10.2 Å². The summed E-state index contributed by atoms with van der Waals surface area (Å²) in [5.74, 6) is -0.0133. The lowest BCUT2D eigenvalue weighted by Crippen LogP contribution is -2.52. The van der Waals surface area contributed by atoms with Crippen molar-refractivity contribution < 1.29 is 13.2 Å². The summed E-state index contributed by atoms with van der Waals surface area (Å²) >= 11 is 0. The Bertz CT molecular complexity index is 613. The normalized spacial score (nSPS) is 19.2. The van der Waals surface area contributed by atoms with Crippen molar-refractivity contribution in [1.29, 1.82) is 0 Å². The number of piperazine rings is 1. The first-order chi connectivity index (χ1) is 10.4. The largest absolute Gasteiger partial charge is 0.337 e. The van der Waals surface area contributed by atoms with Gasteiger partial charge in [-0.25, -0.2) is 13.1 Å². The van der Waals surface area contributed by atoms with Crippen LogP contribution in [0.25, 0.3) is 0 Å². The third kappa shape index (κ3) is 4.28. The van der Waals surface area contributed by atoms with Crippen LogP contribution in [0, 0.1) is 6.92 Å². The maximum absolute atomic E-state index is 12.1. The molecule has 2 N–H and O–H groups in total. The van der Waals surface area contributed by atoms with Gasteiger partial charge in [-0.3, -0.25) is 4.79 Å². The number of carbonyl (C=O) groups excluding carboxylic acids is 1. The number of hydrogen-bond donors (Lipinski definition) is 2. The van der Waals surface area contributed by atoms with Gasteiger partial charge in [0.1, 0.15) is 0 Å². The van der Waals surface area contributed by atoms with Crippen molar-refractivity contribution in [3.63, 3.8) is 0 Å². The van der Waals surface area contributed by atoms with Crippen molar-refractivity contribution in [3.05, 3.63) is 29.8 Å². The minimum absolute atomic E-state index is 0.0133. The van der Waals surface area contributed by atoms with Crippen molar-refractivity contribution in [1.82, 2.24) is 14.9 Å². The molecule has 2 rings (SSSR count). The second-order valence-corrected chi connectivity index (χ2v) is 7.37. The first kappa shape index (κ1) is 16.9. The van der Waals surface area contributed by atoms with Crippen LogP contribution in [0.5, 0.6) is 0 Å². The molecule has 1 atom stereocenters. The van der Waals surface area contributed by atoms with Crippen LogP contribution >= 0.6 is 0 Å². The number of sulfonamides is 1. The molecular weight excluding hydrogens is 302 g/mol. The fourth-order valence-corrected chi connectivity index (χ4v) is 3.48. The first-order valence-electron chi connectivity index (χ1n) is 7.46. The molecule has 1 heterocycles. The maximum atomic E-state index is 12.1. The second-order valence-electron chi connectivity index (χ2n) is 5.60. The molecule has 0 bridgehead atoms. The van der Waals surface area contributed by atoms with E-state index in [4.69, 9.17) is 0 Å². The topological polar surface area (TPSA) is 78.5 Å². The molecule has 22 heavy (non-hydrogen) atoms. The average Bonchev–Trinajstić information content (AvgIpc) is 2.48. The summed E-state index contributed by atoms with van der Waals surface area (Å²) in [6.07, 6.45) is 0.176. The number of hydrogen-bond acceptors (Lipinski definition) is 4. The van der Waals surface area contributed by atoms with E-state index in [1.807, 2.05) is 13.8 Å². The van der Waals surface area contributed by atoms with Gasteiger partial charge in [0, 0.05) is 38.6 Å². The van der Waals surface area contributed by atoms with Crippen LogP contribution in [0.2, 0.25) is 0 Å². The first-order valence-corrected chi connectivity index (χ1v) is 8.95. The van der Waals surface area contributed by atoms with E-state index in [1.54, 1.807) is 29.2 Å². The zero-order valence-corrected chi connectivity index (χ0v) is 13.8. The highest BCUT2D eigenvalue weighted by Crippen LogP contribution is 2.10. The number of amides is 1. The average molecular weight is 325 g/mol. The van der Waals surface area contributed by atoms with Crippen LogP contribution in [0.4, 0.5) is 0 Å². The van der Waals surface area contributed by atoms with Gasteiger partial charge in [0.05, 0.1) is 4.90 Å². The van der Waals surface area contributed by atoms with E-state index in [0.717, 1.165) is 18.7 Å². The van der Waals surface area contributed by atoms with Crippen LogP contribution in [0.3, 0.4) is 0 Å². The highest BCUT2D eigenvalue weighted by molar-refractivity contribution is 7.89. The Balaban J connectivity index is 1.87. The molecule has 1 aromatic rings.